The van der Waals surface area contributed by atoms with Gasteiger partial charge in [-0.3, -0.25) is 9.48 Å². The quantitative estimate of drug-likeness (QED) is 0.435. The van der Waals surface area contributed by atoms with Gasteiger partial charge in [0.2, 0.25) is 5.90 Å². The first-order chi connectivity index (χ1) is 13.5. The van der Waals surface area contributed by atoms with Gasteiger partial charge in [0, 0.05) is 12.6 Å². The van der Waals surface area contributed by atoms with Crippen molar-refractivity contribution in [1.82, 2.24) is 15.1 Å². The van der Waals surface area contributed by atoms with Gasteiger partial charge in [0.1, 0.15) is 17.2 Å². The number of nitrogens with zero attached hydrogens (tertiary/aromatic N) is 3. The SMILES string of the molecule is COC(CNC(=O)c1cc(C(F)(F)P)nn1C)=NC(=C(C)C)c1cccc(F)c1. The van der Waals surface area contributed by atoms with Gasteiger partial charge in [0.15, 0.2) is 0 Å². The summed E-state index contributed by atoms with van der Waals surface area (Å²) in [6.45, 7) is 3.53. The second kappa shape index (κ2) is 9.22. The van der Waals surface area contributed by atoms with Crippen molar-refractivity contribution in [3.05, 3.63) is 58.7 Å². The summed E-state index contributed by atoms with van der Waals surface area (Å²) in [6, 6.07) is 6.96. The Morgan fingerprint density at radius 1 is 1.34 bits per heavy atom. The standard InChI is InChI=1S/C19H22F3N4O2P/c1-11(2)17(12-6-5-7-13(20)8-12)24-16(28-4)10-23-18(27)14-9-15(19(21,22)29)25-26(14)3/h5-9H,10,29H2,1-4H3,(H,23,27). The number of carbonyl (C=O) groups excluding carboxylic acids is 1. The van der Waals surface area contributed by atoms with Crippen molar-refractivity contribution >= 4 is 26.7 Å². The molecule has 1 N–H and O–H groups in total. The highest BCUT2D eigenvalue weighted by Crippen LogP contribution is 2.33. The van der Waals surface area contributed by atoms with Crippen LogP contribution in [0.5, 0.6) is 0 Å². The summed E-state index contributed by atoms with van der Waals surface area (Å²) in [6.07, 6.45) is 0. The molecule has 1 aromatic carbocycles. The first-order valence-corrected chi connectivity index (χ1v) is 9.15. The molecule has 6 nitrogen and oxygen atoms in total. The number of amides is 1. The van der Waals surface area contributed by atoms with Crippen molar-refractivity contribution in [2.24, 2.45) is 12.0 Å². The van der Waals surface area contributed by atoms with Gasteiger partial charge in [0.25, 0.3) is 5.91 Å². The van der Waals surface area contributed by atoms with E-state index in [0.717, 1.165) is 16.3 Å². The fraction of sp³-hybridized carbons (Fsp3) is 0.316. The summed E-state index contributed by atoms with van der Waals surface area (Å²) in [5, 5.41) is 6.21. The molecular weight excluding hydrogens is 404 g/mol. The van der Waals surface area contributed by atoms with Crippen molar-refractivity contribution in [3.63, 3.8) is 0 Å². The van der Waals surface area contributed by atoms with Crippen LogP contribution in [0.15, 0.2) is 40.9 Å². The van der Waals surface area contributed by atoms with Crippen molar-refractivity contribution in [2.75, 3.05) is 13.7 Å². The second-order valence-electron chi connectivity index (χ2n) is 6.41. The molecule has 156 valence electrons. The maximum Gasteiger partial charge on any atom is 0.302 e. The monoisotopic (exact) mass is 426 g/mol. The van der Waals surface area contributed by atoms with Gasteiger partial charge in [0.05, 0.1) is 19.4 Å². The molecule has 1 heterocycles. The van der Waals surface area contributed by atoms with Crippen LogP contribution in [0.3, 0.4) is 0 Å². The average Bonchev–Trinajstić information content (AvgIpc) is 3.03. The Kier molecular flexibility index (Phi) is 7.19. The largest absolute Gasteiger partial charge is 0.483 e. The minimum absolute atomic E-state index is 0.0369. The number of aryl methyl sites for hydroxylation is 1. The predicted molar refractivity (Wildman–Crippen MR) is 108 cm³/mol. The van der Waals surface area contributed by atoms with E-state index in [4.69, 9.17) is 4.74 Å². The molecule has 0 aliphatic heterocycles. The van der Waals surface area contributed by atoms with Crippen LogP contribution in [0.1, 0.15) is 35.6 Å². The molecule has 0 spiro atoms. The number of ether oxygens (including phenoxy) is 1. The van der Waals surface area contributed by atoms with Crippen molar-refractivity contribution in [1.29, 1.82) is 0 Å². The fourth-order valence-electron chi connectivity index (χ4n) is 2.47. The lowest BCUT2D eigenvalue weighted by Gasteiger charge is -2.11. The number of carbonyl (C=O) groups is 1. The molecule has 1 amide bonds. The molecule has 2 aromatic rings. The lowest BCUT2D eigenvalue weighted by atomic mass is 10.1. The van der Waals surface area contributed by atoms with E-state index in [1.165, 1.54) is 35.5 Å². The zero-order valence-corrected chi connectivity index (χ0v) is 17.6. The number of aliphatic imine (C=N–C) groups is 1. The smallest absolute Gasteiger partial charge is 0.302 e. The highest BCUT2D eigenvalue weighted by Gasteiger charge is 2.30. The number of methoxy groups -OCH3 is 1. The Morgan fingerprint density at radius 2 is 2.03 bits per heavy atom. The van der Waals surface area contributed by atoms with Gasteiger partial charge in [-0.05, 0) is 37.6 Å². The summed E-state index contributed by atoms with van der Waals surface area (Å²) < 4.78 is 46.6. The van der Waals surface area contributed by atoms with Crippen molar-refractivity contribution in [2.45, 2.75) is 19.5 Å². The molecule has 1 unspecified atom stereocenters. The predicted octanol–water partition coefficient (Wildman–Crippen LogP) is 3.71. The third-order valence-electron chi connectivity index (χ3n) is 3.90. The third-order valence-corrected chi connectivity index (χ3v) is 4.19. The molecule has 2 rings (SSSR count). The van der Waals surface area contributed by atoms with E-state index in [1.807, 2.05) is 13.8 Å². The van der Waals surface area contributed by atoms with E-state index in [-0.39, 0.29) is 18.1 Å². The van der Waals surface area contributed by atoms with Gasteiger partial charge in [-0.15, -0.1) is 0 Å². The normalized spacial score (nSPS) is 11.9. The molecule has 0 saturated heterocycles. The highest BCUT2D eigenvalue weighted by atomic mass is 31.0. The summed E-state index contributed by atoms with van der Waals surface area (Å²) >= 11 is 0. The number of benzene rings is 1. The molecule has 0 radical (unpaired) electrons. The number of hydrogen-bond donors (Lipinski definition) is 1. The first-order valence-electron chi connectivity index (χ1n) is 8.57. The minimum Gasteiger partial charge on any atom is -0.483 e. The van der Waals surface area contributed by atoms with Crippen LogP contribution in [0, 0.1) is 5.82 Å². The van der Waals surface area contributed by atoms with Crippen LogP contribution in [0.4, 0.5) is 13.2 Å². The summed E-state index contributed by atoms with van der Waals surface area (Å²) in [5.41, 5.74) is -1.93. The number of nitrogens with one attached hydrogen (secondary N) is 1. The zero-order valence-electron chi connectivity index (χ0n) is 16.5. The molecule has 1 aromatic heterocycles. The highest BCUT2D eigenvalue weighted by molar-refractivity contribution is 7.17. The van der Waals surface area contributed by atoms with E-state index >= 15 is 0 Å². The van der Waals surface area contributed by atoms with Crippen LogP contribution in [-0.4, -0.2) is 35.2 Å². The summed E-state index contributed by atoms with van der Waals surface area (Å²) in [5.74, 6) is -0.853. The second-order valence-corrected chi connectivity index (χ2v) is 7.14. The molecular formula is C19H22F3N4O2P. The topological polar surface area (TPSA) is 68.5 Å². The number of aromatic nitrogens is 2. The summed E-state index contributed by atoms with van der Waals surface area (Å²) in [4.78, 5) is 16.7. The van der Waals surface area contributed by atoms with E-state index in [1.54, 1.807) is 12.1 Å². The van der Waals surface area contributed by atoms with Crippen molar-refractivity contribution in [3.8, 4) is 0 Å². The molecule has 0 saturated carbocycles. The maximum atomic E-state index is 13.6. The van der Waals surface area contributed by atoms with Crippen LogP contribution in [0.25, 0.3) is 5.70 Å². The number of alkyl halides is 2. The van der Waals surface area contributed by atoms with Crippen LogP contribution in [-0.2, 0) is 17.4 Å². The first kappa shape index (κ1) is 22.6. The average molecular weight is 426 g/mol. The Bertz CT molecular complexity index is 961. The van der Waals surface area contributed by atoms with Gasteiger partial charge in [-0.2, -0.15) is 13.9 Å². The zero-order chi connectivity index (χ0) is 21.8. The van der Waals surface area contributed by atoms with Gasteiger partial charge in [-0.25, -0.2) is 9.38 Å². The van der Waals surface area contributed by atoms with Gasteiger partial charge < -0.3 is 10.1 Å². The van der Waals surface area contributed by atoms with E-state index in [9.17, 15) is 18.0 Å². The lowest BCUT2D eigenvalue weighted by molar-refractivity contribution is 0.0947. The number of allylic oxidation sites excluding steroid dienone is 1. The van der Waals surface area contributed by atoms with Crippen LogP contribution in [0.2, 0.25) is 0 Å². The Morgan fingerprint density at radius 3 is 2.55 bits per heavy atom. The van der Waals surface area contributed by atoms with Gasteiger partial charge >= 0.3 is 5.66 Å². The van der Waals surface area contributed by atoms with Crippen LogP contribution >= 0.6 is 9.24 Å². The lowest BCUT2D eigenvalue weighted by Crippen LogP contribution is -2.31. The Labute approximate surface area is 169 Å². The van der Waals surface area contributed by atoms with E-state index in [0.29, 0.717) is 11.3 Å². The molecule has 29 heavy (non-hydrogen) atoms. The molecule has 1 atom stereocenters. The Hall–Kier alpha value is -2.67. The Balaban J connectivity index is 2.20. The molecule has 10 heteroatoms. The van der Waals surface area contributed by atoms with Crippen LogP contribution < -0.4 is 5.32 Å². The number of halogens is 3. The maximum absolute atomic E-state index is 13.6. The van der Waals surface area contributed by atoms with E-state index in [2.05, 4.69) is 15.4 Å². The molecule has 0 bridgehead atoms. The number of hydrogen-bond acceptors (Lipinski definition) is 4. The van der Waals surface area contributed by atoms with E-state index < -0.39 is 23.1 Å². The third kappa shape index (κ3) is 5.90. The number of rotatable bonds is 6. The van der Waals surface area contributed by atoms with Gasteiger partial charge in [-0.1, -0.05) is 21.4 Å². The van der Waals surface area contributed by atoms with Crippen molar-refractivity contribution < 1.29 is 22.7 Å². The molecule has 0 fully saturated rings. The fourth-order valence-corrected chi connectivity index (χ4v) is 2.61. The minimum atomic E-state index is -3.24. The molecule has 0 aliphatic carbocycles. The summed E-state index contributed by atoms with van der Waals surface area (Å²) in [7, 11) is 4.16. The molecule has 0 aliphatic rings.